The molecule has 0 fully saturated rings. The second kappa shape index (κ2) is 8.10. The van der Waals surface area contributed by atoms with Gasteiger partial charge >= 0.3 is 0 Å². The van der Waals surface area contributed by atoms with Gasteiger partial charge in [-0.1, -0.05) is 12.1 Å². The molecule has 132 valence electrons. The van der Waals surface area contributed by atoms with E-state index in [2.05, 4.69) is 15.9 Å². The largest absolute Gasteiger partial charge is 0.452 e. The summed E-state index contributed by atoms with van der Waals surface area (Å²) in [5.74, 6) is 1.51. The van der Waals surface area contributed by atoms with Gasteiger partial charge in [0.25, 0.3) is 0 Å². The van der Waals surface area contributed by atoms with Gasteiger partial charge in [-0.3, -0.25) is 9.59 Å². The molecule has 1 aliphatic heterocycles. The van der Waals surface area contributed by atoms with Crippen LogP contribution in [0.15, 0.2) is 50.4 Å². The molecule has 0 unspecified atom stereocenters. The molecule has 3 rings (SSSR count). The lowest BCUT2D eigenvalue weighted by atomic mass is 10.2. The van der Waals surface area contributed by atoms with Crippen molar-refractivity contribution in [3.8, 4) is 0 Å². The van der Waals surface area contributed by atoms with Crippen LogP contribution in [-0.2, 0) is 16.1 Å². The fourth-order valence-electron chi connectivity index (χ4n) is 2.73. The van der Waals surface area contributed by atoms with E-state index in [0.29, 0.717) is 23.5 Å². The Morgan fingerprint density at radius 1 is 1.24 bits per heavy atom. The summed E-state index contributed by atoms with van der Waals surface area (Å²) in [4.78, 5) is 29.4. The highest BCUT2D eigenvalue weighted by molar-refractivity contribution is 9.10. The van der Waals surface area contributed by atoms with Gasteiger partial charge in [-0.05, 0) is 40.2 Å². The lowest BCUT2D eigenvalue weighted by Gasteiger charge is -2.29. The Bertz CT molecular complexity index is 777. The summed E-state index contributed by atoms with van der Waals surface area (Å²) < 4.78 is 6.05. The Labute approximate surface area is 159 Å². The quantitative estimate of drug-likeness (QED) is 0.732. The van der Waals surface area contributed by atoms with Crippen molar-refractivity contribution in [1.82, 2.24) is 4.90 Å². The molecule has 25 heavy (non-hydrogen) atoms. The van der Waals surface area contributed by atoms with Gasteiger partial charge in [-0.15, -0.1) is 11.8 Å². The maximum atomic E-state index is 12.6. The van der Waals surface area contributed by atoms with Gasteiger partial charge in [-0.2, -0.15) is 0 Å². The van der Waals surface area contributed by atoms with Crippen LogP contribution in [0.3, 0.4) is 0 Å². The van der Waals surface area contributed by atoms with Crippen molar-refractivity contribution in [3.63, 3.8) is 0 Å². The first-order chi connectivity index (χ1) is 12.0. The highest BCUT2D eigenvalue weighted by atomic mass is 79.9. The lowest BCUT2D eigenvalue weighted by molar-refractivity contribution is -0.132. The van der Waals surface area contributed by atoms with Crippen LogP contribution in [0.25, 0.3) is 0 Å². The Morgan fingerprint density at radius 2 is 2.04 bits per heavy atom. The minimum absolute atomic E-state index is 0.00440. The predicted molar refractivity (Wildman–Crippen MR) is 102 cm³/mol. The van der Waals surface area contributed by atoms with Crippen molar-refractivity contribution in [2.75, 3.05) is 24.2 Å². The van der Waals surface area contributed by atoms with E-state index >= 15 is 0 Å². The van der Waals surface area contributed by atoms with Crippen LogP contribution in [0.5, 0.6) is 0 Å². The van der Waals surface area contributed by atoms with Crippen molar-refractivity contribution in [3.05, 3.63) is 46.8 Å². The van der Waals surface area contributed by atoms with Crippen LogP contribution >= 0.6 is 27.7 Å². The van der Waals surface area contributed by atoms with E-state index in [-0.39, 0.29) is 24.7 Å². The molecule has 0 bridgehead atoms. The van der Waals surface area contributed by atoms with Gasteiger partial charge in [0.15, 0.2) is 4.67 Å². The number of carbonyl (C=O) groups is 2. The number of rotatable bonds is 5. The molecular weight excluding hydrogens is 404 g/mol. The van der Waals surface area contributed by atoms with Gasteiger partial charge < -0.3 is 14.2 Å². The molecule has 1 aliphatic rings. The van der Waals surface area contributed by atoms with Crippen molar-refractivity contribution >= 4 is 45.2 Å². The molecule has 0 aliphatic carbocycles. The van der Waals surface area contributed by atoms with Gasteiger partial charge in [-0.25, -0.2) is 0 Å². The molecule has 0 saturated carbocycles. The third kappa shape index (κ3) is 4.46. The maximum Gasteiger partial charge on any atom is 0.227 e. The second-order valence-electron chi connectivity index (χ2n) is 5.82. The molecule has 2 heterocycles. The van der Waals surface area contributed by atoms with Crippen LogP contribution in [0.2, 0.25) is 0 Å². The summed E-state index contributed by atoms with van der Waals surface area (Å²) in [5.41, 5.74) is 0.949. The Morgan fingerprint density at radius 3 is 2.80 bits per heavy atom. The normalized spacial score (nSPS) is 13.4. The molecule has 0 radical (unpaired) electrons. The van der Waals surface area contributed by atoms with E-state index in [9.17, 15) is 9.59 Å². The van der Waals surface area contributed by atoms with Gasteiger partial charge in [0.2, 0.25) is 11.8 Å². The first kappa shape index (κ1) is 18.1. The fourth-order valence-corrected chi connectivity index (χ4v) is 4.06. The Kier molecular flexibility index (Phi) is 5.86. The number of anilines is 1. The average Bonchev–Trinajstić information content (AvgIpc) is 3.03. The Balaban J connectivity index is 1.54. The number of hydrogen-bond acceptors (Lipinski definition) is 4. The number of furan rings is 1. The average molecular weight is 423 g/mol. The third-order valence-electron chi connectivity index (χ3n) is 4.03. The number of fused-ring (bicyclic) bond motifs is 1. The number of nitrogens with zero attached hydrogens (tertiary/aromatic N) is 2. The zero-order valence-corrected chi connectivity index (χ0v) is 16.3. The number of carbonyl (C=O) groups excluding carboxylic acids is 2. The zero-order valence-electron chi connectivity index (χ0n) is 13.9. The van der Waals surface area contributed by atoms with Crippen LogP contribution in [0.1, 0.15) is 18.6 Å². The molecule has 1 aromatic carbocycles. The van der Waals surface area contributed by atoms with Crippen LogP contribution in [0.4, 0.5) is 5.69 Å². The van der Waals surface area contributed by atoms with E-state index < -0.39 is 0 Å². The van der Waals surface area contributed by atoms with E-state index in [0.717, 1.165) is 16.3 Å². The monoisotopic (exact) mass is 422 g/mol. The highest BCUT2D eigenvalue weighted by Crippen LogP contribution is 2.34. The molecule has 1 aromatic heterocycles. The molecular formula is C18H19BrN2O3S. The predicted octanol–water partition coefficient (Wildman–Crippen LogP) is 3.92. The smallest absolute Gasteiger partial charge is 0.227 e. The van der Waals surface area contributed by atoms with Crippen LogP contribution < -0.4 is 4.90 Å². The first-order valence-corrected chi connectivity index (χ1v) is 9.83. The first-order valence-electron chi connectivity index (χ1n) is 8.05. The molecule has 7 heteroatoms. The molecule has 5 nitrogen and oxygen atoms in total. The highest BCUT2D eigenvalue weighted by Gasteiger charge is 2.23. The van der Waals surface area contributed by atoms with Gasteiger partial charge in [0.1, 0.15) is 5.76 Å². The number of hydrogen-bond donors (Lipinski definition) is 0. The van der Waals surface area contributed by atoms with Crippen LogP contribution in [-0.4, -0.2) is 36.1 Å². The zero-order chi connectivity index (χ0) is 17.8. The molecule has 0 spiro atoms. The van der Waals surface area contributed by atoms with Gasteiger partial charge in [0, 0.05) is 37.1 Å². The number of para-hydroxylation sites is 1. The second-order valence-corrected chi connectivity index (χ2v) is 7.74. The summed E-state index contributed by atoms with van der Waals surface area (Å²) in [6.07, 6.45) is 0.410. The van der Waals surface area contributed by atoms with Crippen molar-refractivity contribution < 1.29 is 14.0 Å². The Hall–Kier alpha value is -1.73. The topological polar surface area (TPSA) is 53.8 Å². The number of thioether (sulfide) groups is 1. The fraction of sp³-hybridized carbons (Fsp3) is 0.333. The van der Waals surface area contributed by atoms with E-state index in [1.54, 1.807) is 34.7 Å². The van der Waals surface area contributed by atoms with Crippen LogP contribution in [0, 0.1) is 0 Å². The summed E-state index contributed by atoms with van der Waals surface area (Å²) >= 11 is 5.00. The minimum Gasteiger partial charge on any atom is -0.452 e. The number of halogens is 1. The van der Waals surface area contributed by atoms with Crippen molar-refractivity contribution in [1.29, 1.82) is 0 Å². The lowest BCUT2D eigenvalue weighted by Crippen LogP contribution is -2.36. The number of amides is 2. The van der Waals surface area contributed by atoms with E-state index in [1.807, 2.05) is 30.3 Å². The molecule has 0 N–H and O–H groups in total. The van der Waals surface area contributed by atoms with E-state index in [1.165, 1.54) is 0 Å². The standard InChI is InChI=1S/C18H19BrN2O3S/c1-20(12-13-6-7-16(19)24-13)17(22)8-9-18(23)21-10-11-25-15-5-3-2-4-14(15)21/h2-7H,8-12H2,1H3. The maximum absolute atomic E-state index is 12.6. The summed E-state index contributed by atoms with van der Waals surface area (Å²) in [5, 5.41) is 0. The molecule has 2 aromatic rings. The SMILES string of the molecule is CN(Cc1ccc(Br)o1)C(=O)CCC(=O)N1CCSc2ccccc21. The summed E-state index contributed by atoms with van der Waals surface area (Å²) in [7, 11) is 1.72. The number of benzene rings is 1. The minimum atomic E-state index is -0.0689. The van der Waals surface area contributed by atoms with Crippen molar-refractivity contribution in [2.24, 2.45) is 0 Å². The third-order valence-corrected chi connectivity index (χ3v) is 5.50. The van der Waals surface area contributed by atoms with Gasteiger partial charge in [0.05, 0.1) is 12.2 Å². The van der Waals surface area contributed by atoms with Crippen molar-refractivity contribution in [2.45, 2.75) is 24.3 Å². The molecule has 2 amide bonds. The molecule has 0 atom stereocenters. The van der Waals surface area contributed by atoms with E-state index in [4.69, 9.17) is 4.42 Å². The molecule has 0 saturated heterocycles. The summed E-state index contributed by atoms with van der Waals surface area (Å²) in [6.45, 7) is 1.08. The summed E-state index contributed by atoms with van der Waals surface area (Å²) in [6, 6.07) is 11.5.